The van der Waals surface area contributed by atoms with Crippen molar-refractivity contribution in [2.45, 2.75) is 45.9 Å². The van der Waals surface area contributed by atoms with E-state index in [1.807, 2.05) is 52.1 Å². The van der Waals surface area contributed by atoms with Crippen LogP contribution in [0.2, 0.25) is 0 Å². The lowest BCUT2D eigenvalue weighted by molar-refractivity contribution is -0.128. The van der Waals surface area contributed by atoms with Gasteiger partial charge in [-0.15, -0.1) is 0 Å². The quantitative estimate of drug-likeness (QED) is 0.856. The van der Waals surface area contributed by atoms with Gasteiger partial charge in [0, 0.05) is 17.6 Å². The van der Waals surface area contributed by atoms with Crippen molar-refractivity contribution in [1.82, 2.24) is 10.6 Å². The summed E-state index contributed by atoms with van der Waals surface area (Å²) in [5.74, 6) is 0.639. The molecule has 0 radical (unpaired) electrons. The largest absolute Gasteiger partial charge is 0.481 e. The number of benzene rings is 1. The van der Waals surface area contributed by atoms with Crippen LogP contribution in [0, 0.1) is 0 Å². The lowest BCUT2D eigenvalue weighted by atomic mass is 10.1. The van der Waals surface area contributed by atoms with Crippen LogP contribution in [0.3, 0.4) is 0 Å². The van der Waals surface area contributed by atoms with Gasteiger partial charge < -0.3 is 15.4 Å². The van der Waals surface area contributed by atoms with Gasteiger partial charge in [0.25, 0.3) is 5.91 Å². The van der Waals surface area contributed by atoms with Gasteiger partial charge in [-0.25, -0.2) is 0 Å². The third kappa shape index (κ3) is 5.30. The van der Waals surface area contributed by atoms with Crippen molar-refractivity contribution in [3.05, 3.63) is 29.8 Å². The molecule has 0 bridgehead atoms. The summed E-state index contributed by atoms with van der Waals surface area (Å²) in [7, 11) is 1.88. The van der Waals surface area contributed by atoms with Crippen LogP contribution in [0.15, 0.2) is 24.3 Å². The summed E-state index contributed by atoms with van der Waals surface area (Å²) in [5, 5.41) is 6.00. The van der Waals surface area contributed by atoms with Gasteiger partial charge in [-0.05, 0) is 40.8 Å². The number of rotatable bonds is 5. The molecule has 0 heterocycles. The number of hydrogen-bond donors (Lipinski definition) is 2. The van der Waals surface area contributed by atoms with E-state index < -0.39 is 6.10 Å². The number of amides is 1. The fourth-order valence-corrected chi connectivity index (χ4v) is 1.67. The fourth-order valence-electron chi connectivity index (χ4n) is 1.67. The van der Waals surface area contributed by atoms with Gasteiger partial charge in [-0.1, -0.05) is 18.2 Å². The second-order valence-corrected chi connectivity index (χ2v) is 5.64. The van der Waals surface area contributed by atoms with E-state index in [2.05, 4.69) is 10.6 Å². The molecule has 0 aromatic heterocycles. The highest BCUT2D eigenvalue weighted by Gasteiger charge is 2.21. The molecule has 0 aliphatic rings. The number of ether oxygens (including phenoxy) is 1. The highest BCUT2D eigenvalue weighted by atomic mass is 16.5. The summed E-state index contributed by atoms with van der Waals surface area (Å²) in [6, 6.07) is 7.73. The molecule has 2 N–H and O–H groups in total. The van der Waals surface area contributed by atoms with Gasteiger partial charge in [0.15, 0.2) is 6.10 Å². The third-order valence-corrected chi connectivity index (χ3v) is 2.51. The maximum absolute atomic E-state index is 12.0. The van der Waals surface area contributed by atoms with Crippen molar-refractivity contribution < 1.29 is 9.53 Å². The van der Waals surface area contributed by atoms with Crippen molar-refractivity contribution >= 4 is 5.91 Å². The molecule has 0 saturated heterocycles. The Morgan fingerprint density at radius 3 is 2.53 bits per heavy atom. The van der Waals surface area contributed by atoms with Crippen LogP contribution in [0.5, 0.6) is 5.75 Å². The number of carbonyl (C=O) groups is 1. The summed E-state index contributed by atoms with van der Waals surface area (Å²) in [5.41, 5.74) is 0.791. The summed E-state index contributed by atoms with van der Waals surface area (Å²) < 4.78 is 5.75. The van der Waals surface area contributed by atoms with Crippen molar-refractivity contribution in [1.29, 1.82) is 0 Å². The van der Waals surface area contributed by atoms with E-state index in [-0.39, 0.29) is 11.4 Å². The monoisotopic (exact) mass is 264 g/mol. The van der Waals surface area contributed by atoms with Gasteiger partial charge in [-0.3, -0.25) is 4.79 Å². The van der Waals surface area contributed by atoms with E-state index in [1.165, 1.54) is 0 Å². The van der Waals surface area contributed by atoms with E-state index in [4.69, 9.17) is 4.74 Å². The molecule has 4 nitrogen and oxygen atoms in total. The molecule has 1 unspecified atom stereocenters. The summed E-state index contributed by atoms with van der Waals surface area (Å²) in [6.45, 7) is 8.33. The average Bonchev–Trinajstić information content (AvgIpc) is 2.29. The smallest absolute Gasteiger partial charge is 0.261 e. The van der Waals surface area contributed by atoms with E-state index >= 15 is 0 Å². The molecule has 1 aromatic rings. The molecule has 0 saturated carbocycles. The molecular formula is C15H24N2O2. The Morgan fingerprint density at radius 2 is 1.95 bits per heavy atom. The van der Waals surface area contributed by atoms with Crippen molar-refractivity contribution in [3.63, 3.8) is 0 Å². The van der Waals surface area contributed by atoms with E-state index in [1.54, 1.807) is 6.92 Å². The first kappa shape index (κ1) is 15.5. The maximum atomic E-state index is 12.0. The first-order chi connectivity index (χ1) is 8.83. The number of para-hydroxylation sites is 1. The zero-order valence-corrected chi connectivity index (χ0v) is 12.4. The Kier molecular flexibility index (Phi) is 5.36. The Hall–Kier alpha value is -1.55. The van der Waals surface area contributed by atoms with Crippen LogP contribution >= 0.6 is 0 Å². The predicted molar refractivity (Wildman–Crippen MR) is 77.2 cm³/mol. The van der Waals surface area contributed by atoms with Gasteiger partial charge in [0.1, 0.15) is 5.75 Å². The number of carbonyl (C=O) groups excluding carboxylic acids is 1. The molecule has 0 aliphatic carbocycles. The van der Waals surface area contributed by atoms with Crippen LogP contribution in [-0.4, -0.2) is 24.6 Å². The minimum absolute atomic E-state index is 0.105. The zero-order valence-electron chi connectivity index (χ0n) is 12.4. The molecule has 19 heavy (non-hydrogen) atoms. The van der Waals surface area contributed by atoms with Crippen molar-refractivity contribution in [2.24, 2.45) is 0 Å². The van der Waals surface area contributed by atoms with Crippen molar-refractivity contribution in [3.8, 4) is 5.75 Å². The molecule has 0 aliphatic heterocycles. The number of hydrogen-bond acceptors (Lipinski definition) is 3. The Labute approximate surface area is 115 Å². The van der Waals surface area contributed by atoms with Crippen LogP contribution < -0.4 is 15.4 Å². The average molecular weight is 264 g/mol. The normalized spacial score (nSPS) is 12.9. The zero-order chi connectivity index (χ0) is 14.5. The summed E-state index contributed by atoms with van der Waals surface area (Å²) in [6.07, 6.45) is -0.516. The standard InChI is InChI=1S/C15H24N2O2/c1-11(14(18)17-15(2,3)4)19-13-9-7-6-8-12(13)10-16-5/h6-9,11,16H,10H2,1-5H3,(H,17,18). The summed E-state index contributed by atoms with van der Waals surface area (Å²) >= 11 is 0. The van der Waals surface area contributed by atoms with Gasteiger partial charge in [0.05, 0.1) is 0 Å². The molecule has 1 aromatic carbocycles. The van der Waals surface area contributed by atoms with Crippen LogP contribution in [0.4, 0.5) is 0 Å². The lowest BCUT2D eigenvalue weighted by Crippen LogP contribution is -2.46. The molecule has 0 spiro atoms. The molecule has 1 atom stereocenters. The van der Waals surface area contributed by atoms with Crippen LogP contribution in [0.1, 0.15) is 33.3 Å². The van der Waals surface area contributed by atoms with E-state index in [9.17, 15) is 4.79 Å². The highest BCUT2D eigenvalue weighted by molar-refractivity contribution is 5.81. The third-order valence-electron chi connectivity index (χ3n) is 2.51. The van der Waals surface area contributed by atoms with E-state index in [0.717, 1.165) is 11.3 Å². The molecule has 0 fully saturated rings. The number of nitrogens with one attached hydrogen (secondary N) is 2. The van der Waals surface area contributed by atoms with Crippen LogP contribution in [0.25, 0.3) is 0 Å². The Balaban J connectivity index is 2.71. The molecule has 1 amide bonds. The molecular weight excluding hydrogens is 240 g/mol. The highest BCUT2D eigenvalue weighted by Crippen LogP contribution is 2.19. The maximum Gasteiger partial charge on any atom is 0.261 e. The predicted octanol–water partition coefficient (Wildman–Crippen LogP) is 2.09. The molecule has 4 heteroatoms. The van der Waals surface area contributed by atoms with Gasteiger partial charge >= 0.3 is 0 Å². The first-order valence-corrected chi connectivity index (χ1v) is 6.54. The first-order valence-electron chi connectivity index (χ1n) is 6.54. The second-order valence-electron chi connectivity index (χ2n) is 5.64. The summed E-state index contributed by atoms with van der Waals surface area (Å²) in [4.78, 5) is 12.0. The lowest BCUT2D eigenvalue weighted by Gasteiger charge is -2.24. The fraction of sp³-hybridized carbons (Fsp3) is 0.533. The molecule has 106 valence electrons. The van der Waals surface area contributed by atoms with Gasteiger partial charge in [-0.2, -0.15) is 0 Å². The van der Waals surface area contributed by atoms with E-state index in [0.29, 0.717) is 6.54 Å². The SMILES string of the molecule is CNCc1ccccc1OC(C)C(=O)NC(C)(C)C. The Bertz CT molecular complexity index is 424. The minimum atomic E-state index is -0.516. The second kappa shape index (κ2) is 6.57. The van der Waals surface area contributed by atoms with Crippen molar-refractivity contribution in [2.75, 3.05) is 7.05 Å². The topological polar surface area (TPSA) is 50.4 Å². The Morgan fingerprint density at radius 1 is 1.32 bits per heavy atom. The molecule has 1 rings (SSSR count). The minimum Gasteiger partial charge on any atom is -0.481 e. The van der Waals surface area contributed by atoms with Gasteiger partial charge in [0.2, 0.25) is 0 Å². The van der Waals surface area contributed by atoms with Crippen LogP contribution in [-0.2, 0) is 11.3 Å².